The minimum atomic E-state index is 0.0538. The Labute approximate surface area is 179 Å². The first-order valence-corrected chi connectivity index (χ1v) is 10.6. The Kier molecular flexibility index (Phi) is 6.57. The molecule has 154 valence electrons. The number of nitrogens with zero attached hydrogens (tertiary/aromatic N) is 2. The molecule has 0 spiro atoms. The number of para-hydroxylation sites is 2. The van der Waals surface area contributed by atoms with E-state index in [1.807, 2.05) is 60.7 Å². The van der Waals surface area contributed by atoms with E-state index < -0.39 is 0 Å². The molecule has 0 unspecified atom stereocenters. The zero-order chi connectivity index (χ0) is 20.8. The minimum absolute atomic E-state index is 0.0538. The molecule has 1 amide bonds. The number of hydrogen-bond acceptors (Lipinski definition) is 3. The molecule has 1 fully saturated rings. The first-order chi connectivity index (χ1) is 14.7. The fourth-order valence-corrected chi connectivity index (χ4v) is 4.29. The molecule has 0 saturated carbocycles. The lowest BCUT2D eigenvalue weighted by Crippen LogP contribution is -2.49. The van der Waals surface area contributed by atoms with E-state index in [1.165, 1.54) is 5.56 Å². The molecule has 30 heavy (non-hydrogen) atoms. The predicted octanol–water partition coefficient (Wildman–Crippen LogP) is 4.43. The van der Waals surface area contributed by atoms with Crippen LogP contribution in [0.5, 0.6) is 0 Å². The average Bonchev–Trinajstić information content (AvgIpc) is 2.80. The van der Waals surface area contributed by atoms with E-state index in [4.69, 9.17) is 0 Å². The summed E-state index contributed by atoms with van der Waals surface area (Å²) in [6, 6.07) is 30.6. The quantitative estimate of drug-likeness (QED) is 0.666. The standard InChI is InChI=1S/C26H29N3O/c1-28-18-17-25(24(20-28)21-11-5-2-6-12-21)27-19-26(30)29(22-13-7-3-8-14-22)23-15-9-4-10-16-23/h2-16,24-25,27H,17-20H2,1H3/t24-,25+/m1/s1. The zero-order valence-electron chi connectivity index (χ0n) is 17.4. The van der Waals surface area contributed by atoms with Gasteiger partial charge in [-0.2, -0.15) is 0 Å². The Morgan fingerprint density at radius 3 is 2.00 bits per heavy atom. The number of likely N-dealkylation sites (N-methyl/N-ethyl adjacent to an activating group) is 1. The Morgan fingerprint density at radius 1 is 0.900 bits per heavy atom. The Hall–Kier alpha value is -2.95. The van der Waals surface area contributed by atoms with Gasteiger partial charge in [0.05, 0.1) is 6.54 Å². The topological polar surface area (TPSA) is 35.6 Å². The van der Waals surface area contributed by atoms with Crippen molar-refractivity contribution >= 4 is 17.3 Å². The van der Waals surface area contributed by atoms with Crippen LogP contribution in [-0.4, -0.2) is 43.5 Å². The van der Waals surface area contributed by atoms with Crippen LogP contribution >= 0.6 is 0 Å². The first-order valence-electron chi connectivity index (χ1n) is 10.6. The number of anilines is 2. The second-order valence-electron chi connectivity index (χ2n) is 7.96. The fraction of sp³-hybridized carbons (Fsp3) is 0.269. The number of nitrogens with one attached hydrogen (secondary N) is 1. The van der Waals surface area contributed by atoms with Gasteiger partial charge < -0.3 is 10.2 Å². The van der Waals surface area contributed by atoms with Gasteiger partial charge in [-0.3, -0.25) is 9.69 Å². The summed E-state index contributed by atoms with van der Waals surface area (Å²) < 4.78 is 0. The Balaban J connectivity index is 1.51. The highest BCUT2D eigenvalue weighted by atomic mass is 16.2. The van der Waals surface area contributed by atoms with E-state index >= 15 is 0 Å². The third-order valence-corrected chi connectivity index (χ3v) is 5.84. The maximum absolute atomic E-state index is 13.3. The van der Waals surface area contributed by atoms with Gasteiger partial charge >= 0.3 is 0 Å². The van der Waals surface area contributed by atoms with Crippen molar-refractivity contribution in [2.24, 2.45) is 0 Å². The lowest BCUT2D eigenvalue weighted by atomic mass is 9.86. The Bertz CT molecular complexity index is 891. The van der Waals surface area contributed by atoms with Crippen LogP contribution in [0.15, 0.2) is 91.0 Å². The van der Waals surface area contributed by atoms with Crippen LogP contribution in [0.4, 0.5) is 11.4 Å². The van der Waals surface area contributed by atoms with Crippen molar-refractivity contribution in [3.63, 3.8) is 0 Å². The monoisotopic (exact) mass is 399 g/mol. The molecule has 0 bridgehead atoms. The molecule has 0 radical (unpaired) electrons. The van der Waals surface area contributed by atoms with Crippen molar-refractivity contribution in [2.45, 2.75) is 18.4 Å². The normalized spacial score (nSPS) is 19.4. The summed E-state index contributed by atoms with van der Waals surface area (Å²) in [7, 11) is 2.17. The summed E-state index contributed by atoms with van der Waals surface area (Å²) in [4.78, 5) is 17.5. The maximum Gasteiger partial charge on any atom is 0.245 e. The highest BCUT2D eigenvalue weighted by molar-refractivity contribution is 6.01. The van der Waals surface area contributed by atoms with Crippen LogP contribution in [0.2, 0.25) is 0 Å². The number of carbonyl (C=O) groups is 1. The van der Waals surface area contributed by atoms with Crippen LogP contribution in [-0.2, 0) is 4.79 Å². The average molecular weight is 400 g/mol. The van der Waals surface area contributed by atoms with Crippen LogP contribution < -0.4 is 10.2 Å². The van der Waals surface area contributed by atoms with E-state index in [0.29, 0.717) is 12.5 Å². The van der Waals surface area contributed by atoms with Crippen molar-refractivity contribution in [2.75, 3.05) is 31.6 Å². The summed E-state index contributed by atoms with van der Waals surface area (Å²) in [5.74, 6) is 0.429. The number of likely N-dealkylation sites (tertiary alicyclic amines) is 1. The molecule has 4 heteroatoms. The highest BCUT2D eigenvalue weighted by Gasteiger charge is 2.29. The van der Waals surface area contributed by atoms with Gasteiger partial charge in [0.25, 0.3) is 0 Å². The van der Waals surface area contributed by atoms with Crippen molar-refractivity contribution in [1.82, 2.24) is 10.2 Å². The summed E-state index contributed by atoms with van der Waals surface area (Å²) in [6.45, 7) is 2.34. The molecule has 1 N–H and O–H groups in total. The number of amides is 1. The van der Waals surface area contributed by atoms with Gasteiger partial charge in [-0.25, -0.2) is 0 Å². The third-order valence-electron chi connectivity index (χ3n) is 5.84. The van der Waals surface area contributed by atoms with E-state index in [9.17, 15) is 4.79 Å². The third kappa shape index (κ3) is 4.78. The molecule has 0 aromatic heterocycles. The van der Waals surface area contributed by atoms with Crippen LogP contribution in [0.25, 0.3) is 0 Å². The van der Waals surface area contributed by atoms with Gasteiger partial charge in [0.15, 0.2) is 0 Å². The molecule has 3 aromatic carbocycles. The molecular weight excluding hydrogens is 370 g/mol. The molecule has 0 aliphatic carbocycles. The largest absolute Gasteiger partial charge is 0.306 e. The molecule has 2 atom stereocenters. The molecule has 3 aromatic rings. The van der Waals surface area contributed by atoms with Crippen molar-refractivity contribution in [3.05, 3.63) is 96.6 Å². The molecular formula is C26H29N3O. The van der Waals surface area contributed by atoms with E-state index in [1.54, 1.807) is 4.90 Å². The summed E-state index contributed by atoms with van der Waals surface area (Å²) in [5, 5.41) is 3.59. The molecule has 4 nitrogen and oxygen atoms in total. The summed E-state index contributed by atoms with van der Waals surface area (Å²) in [5.41, 5.74) is 3.11. The maximum atomic E-state index is 13.3. The minimum Gasteiger partial charge on any atom is -0.306 e. The highest BCUT2D eigenvalue weighted by Crippen LogP contribution is 2.28. The molecule has 1 aliphatic heterocycles. The molecule has 4 rings (SSSR count). The lowest BCUT2D eigenvalue weighted by Gasteiger charge is -2.38. The Morgan fingerprint density at radius 2 is 1.43 bits per heavy atom. The van der Waals surface area contributed by atoms with E-state index in [0.717, 1.165) is 30.9 Å². The molecule has 1 saturated heterocycles. The number of benzene rings is 3. The molecule has 1 aliphatic rings. The van der Waals surface area contributed by atoms with Gasteiger partial charge in [0.1, 0.15) is 0 Å². The van der Waals surface area contributed by atoms with Crippen molar-refractivity contribution in [1.29, 1.82) is 0 Å². The number of hydrogen-bond donors (Lipinski definition) is 1. The lowest BCUT2D eigenvalue weighted by molar-refractivity contribution is -0.117. The summed E-state index contributed by atoms with van der Waals surface area (Å²) in [6.07, 6.45) is 1.03. The predicted molar refractivity (Wildman–Crippen MR) is 123 cm³/mol. The van der Waals surface area contributed by atoms with Crippen LogP contribution in [0.1, 0.15) is 17.9 Å². The smallest absolute Gasteiger partial charge is 0.245 e. The van der Waals surface area contributed by atoms with Gasteiger partial charge in [-0.1, -0.05) is 66.7 Å². The molecule has 1 heterocycles. The van der Waals surface area contributed by atoms with Gasteiger partial charge in [-0.05, 0) is 49.8 Å². The summed E-state index contributed by atoms with van der Waals surface area (Å²) >= 11 is 0. The van der Waals surface area contributed by atoms with Gasteiger partial charge in [0.2, 0.25) is 5.91 Å². The van der Waals surface area contributed by atoms with Crippen LogP contribution in [0, 0.1) is 0 Å². The van der Waals surface area contributed by atoms with E-state index in [-0.39, 0.29) is 11.9 Å². The van der Waals surface area contributed by atoms with Crippen molar-refractivity contribution < 1.29 is 4.79 Å². The SMILES string of the molecule is CN1CC[C@H](NCC(=O)N(c2ccccc2)c2ccccc2)[C@@H](c2ccccc2)C1. The second kappa shape index (κ2) is 9.70. The second-order valence-corrected chi connectivity index (χ2v) is 7.96. The number of piperidine rings is 1. The van der Waals surface area contributed by atoms with Gasteiger partial charge in [0, 0.05) is 29.9 Å². The first kappa shape index (κ1) is 20.3. The van der Waals surface area contributed by atoms with Crippen molar-refractivity contribution in [3.8, 4) is 0 Å². The number of carbonyl (C=O) groups excluding carboxylic acids is 1. The fourth-order valence-electron chi connectivity index (χ4n) is 4.29. The zero-order valence-corrected chi connectivity index (χ0v) is 17.4. The van der Waals surface area contributed by atoms with E-state index in [2.05, 4.69) is 47.6 Å². The number of rotatable bonds is 6. The van der Waals surface area contributed by atoms with Gasteiger partial charge in [-0.15, -0.1) is 0 Å². The van der Waals surface area contributed by atoms with Crippen LogP contribution in [0.3, 0.4) is 0 Å².